The van der Waals surface area contributed by atoms with Crippen molar-refractivity contribution < 1.29 is 19.8 Å². The van der Waals surface area contributed by atoms with Crippen LogP contribution in [0.15, 0.2) is 60.0 Å². The number of benzene rings is 1. The molecule has 0 radical (unpaired) electrons. The Balaban J connectivity index is 1.36. The monoisotopic (exact) mass is 467 g/mol. The third-order valence-corrected chi connectivity index (χ3v) is 6.13. The highest BCUT2D eigenvalue weighted by molar-refractivity contribution is 5.91. The summed E-state index contributed by atoms with van der Waals surface area (Å²) in [4.78, 5) is 31.3. The first-order chi connectivity index (χ1) is 16.3. The molecule has 0 spiro atoms. The molecule has 2 aliphatic rings. The molecule has 1 aromatic carbocycles. The minimum atomic E-state index is -1.91. The van der Waals surface area contributed by atoms with Gasteiger partial charge in [0, 0.05) is 25.1 Å². The first-order valence-electron chi connectivity index (χ1n) is 11.2. The summed E-state index contributed by atoms with van der Waals surface area (Å²) in [5, 5.41) is 30.5. The average Bonchev–Trinajstić information content (AvgIpc) is 3.55. The fraction of sp³-hybridized carbons (Fsp3) is 0.391. The number of carbonyl (C=O) groups excluding carboxylic acids is 2. The number of nitrogens with zero attached hydrogens (tertiary/aromatic N) is 4. The summed E-state index contributed by atoms with van der Waals surface area (Å²) in [6.07, 6.45) is 4.57. The van der Waals surface area contributed by atoms with Crippen molar-refractivity contribution in [2.45, 2.75) is 50.1 Å². The lowest BCUT2D eigenvalue weighted by Gasteiger charge is -2.31. The highest BCUT2D eigenvalue weighted by atomic mass is 16.3. The molecule has 0 saturated carbocycles. The van der Waals surface area contributed by atoms with Crippen LogP contribution in [0.2, 0.25) is 0 Å². The number of hydrogen-bond donors (Lipinski definition) is 5. The Morgan fingerprint density at radius 1 is 1.24 bits per heavy atom. The minimum Gasteiger partial charge on any atom is -0.380 e. The van der Waals surface area contributed by atoms with Crippen molar-refractivity contribution in [3.63, 3.8) is 0 Å². The van der Waals surface area contributed by atoms with Crippen LogP contribution in [0.1, 0.15) is 31.4 Å². The molecule has 1 unspecified atom stereocenters. The number of aliphatic imine (C=N–C) groups is 1. The van der Waals surface area contributed by atoms with Gasteiger partial charge in [0.25, 0.3) is 11.8 Å². The highest BCUT2D eigenvalue weighted by Crippen LogP contribution is 2.25. The molecule has 1 aromatic heterocycles. The lowest BCUT2D eigenvalue weighted by Crippen LogP contribution is -2.54. The van der Waals surface area contributed by atoms with Crippen molar-refractivity contribution in [3.8, 4) is 5.69 Å². The van der Waals surface area contributed by atoms with E-state index in [-0.39, 0.29) is 18.0 Å². The second-order valence-electron chi connectivity index (χ2n) is 8.41. The third kappa shape index (κ3) is 4.95. The van der Waals surface area contributed by atoms with E-state index < -0.39 is 30.1 Å². The van der Waals surface area contributed by atoms with Crippen molar-refractivity contribution in [3.05, 3.63) is 60.6 Å². The van der Waals surface area contributed by atoms with Gasteiger partial charge >= 0.3 is 0 Å². The van der Waals surface area contributed by atoms with E-state index in [1.54, 1.807) is 30.1 Å². The zero-order chi connectivity index (χ0) is 24.2. The molecule has 11 heteroatoms. The summed E-state index contributed by atoms with van der Waals surface area (Å²) in [5.41, 5.74) is 7.39. The third-order valence-electron chi connectivity index (χ3n) is 6.13. The lowest BCUT2D eigenvalue weighted by atomic mass is 10.0. The predicted molar refractivity (Wildman–Crippen MR) is 125 cm³/mol. The Labute approximate surface area is 197 Å². The Hall–Kier alpha value is -3.70. The number of amides is 2. The highest BCUT2D eigenvalue weighted by Gasteiger charge is 2.40. The van der Waals surface area contributed by atoms with E-state index in [1.165, 1.54) is 4.90 Å². The molecule has 2 aromatic rings. The summed E-state index contributed by atoms with van der Waals surface area (Å²) < 4.78 is 1.71. The molecule has 4 rings (SSSR count). The maximum atomic E-state index is 12.9. The number of guanidine groups is 1. The van der Waals surface area contributed by atoms with Gasteiger partial charge < -0.3 is 31.5 Å². The first kappa shape index (κ1) is 23.5. The van der Waals surface area contributed by atoms with E-state index in [1.807, 2.05) is 36.5 Å². The molecular formula is C23H29N7O4. The number of likely N-dealkylation sites (tertiary alicyclic amines) is 1. The molecule has 180 valence electrons. The second-order valence-corrected chi connectivity index (χ2v) is 8.41. The number of carbonyl (C=O) groups is 2. The van der Waals surface area contributed by atoms with Crippen LogP contribution in [0.4, 0.5) is 0 Å². The summed E-state index contributed by atoms with van der Waals surface area (Å²) in [6, 6.07) is 8.11. The van der Waals surface area contributed by atoms with Crippen LogP contribution in [0.25, 0.3) is 5.69 Å². The number of aliphatic hydroxyl groups excluding tert-OH is 2. The lowest BCUT2D eigenvalue weighted by molar-refractivity contribution is -0.154. The summed E-state index contributed by atoms with van der Waals surface area (Å²) in [5.74, 6) is -1.29. The molecule has 3 heterocycles. The van der Waals surface area contributed by atoms with Crippen molar-refractivity contribution in [1.82, 2.24) is 25.3 Å². The van der Waals surface area contributed by atoms with Crippen LogP contribution in [-0.2, 0) is 9.59 Å². The van der Waals surface area contributed by atoms with E-state index in [2.05, 4.69) is 20.7 Å². The van der Waals surface area contributed by atoms with Crippen molar-refractivity contribution in [1.29, 1.82) is 0 Å². The maximum Gasteiger partial charge on any atom is 0.255 e. The number of aliphatic hydroxyl groups is 2. The van der Waals surface area contributed by atoms with Crippen molar-refractivity contribution in [2.24, 2.45) is 10.7 Å². The van der Waals surface area contributed by atoms with Crippen molar-refractivity contribution in [2.75, 3.05) is 6.54 Å². The Kier molecular flexibility index (Phi) is 6.94. The predicted octanol–water partition coefficient (Wildman–Crippen LogP) is -0.437. The second kappa shape index (κ2) is 10.1. The first-order valence-corrected chi connectivity index (χ1v) is 11.2. The van der Waals surface area contributed by atoms with Gasteiger partial charge in [-0.05, 0) is 49.6 Å². The zero-order valence-corrected chi connectivity index (χ0v) is 18.8. The molecule has 5 atom stereocenters. The maximum absolute atomic E-state index is 12.9. The van der Waals surface area contributed by atoms with Crippen LogP contribution < -0.4 is 16.4 Å². The van der Waals surface area contributed by atoms with E-state index in [4.69, 9.17) is 5.73 Å². The van der Waals surface area contributed by atoms with E-state index in [0.717, 1.165) is 17.7 Å². The fourth-order valence-electron chi connectivity index (χ4n) is 4.28. The van der Waals surface area contributed by atoms with Gasteiger partial charge in [-0.2, -0.15) is 5.10 Å². The molecule has 2 aliphatic heterocycles. The molecule has 1 saturated heterocycles. The standard InChI is InChI=1S/C23H29N7O4/c1-14(15-5-7-16(8-6-15)30-13-3-10-26-30)27-21(33)19(31)20(32)22(34)29-12-2-4-18(29)17-9-11-25-23(24)28-17/h3,5-11,13-14,17-20,31-32H,2,4,12H2,1H3,(H,27,33)(H3,24,25,28)/t14-,17?,18-,19-,20-/m1/s1. The van der Waals surface area contributed by atoms with Crippen LogP contribution >= 0.6 is 0 Å². The van der Waals surface area contributed by atoms with Crippen LogP contribution in [-0.4, -0.2) is 73.5 Å². The van der Waals surface area contributed by atoms with E-state index in [0.29, 0.717) is 13.0 Å². The number of nitrogens with one attached hydrogen (secondary N) is 2. The molecule has 2 amide bonds. The van der Waals surface area contributed by atoms with Gasteiger partial charge in [0.05, 0.1) is 23.8 Å². The number of aromatic nitrogens is 2. The quantitative estimate of drug-likeness (QED) is 0.369. The SMILES string of the molecule is C[C@@H](NC(=O)[C@H](O)[C@@H](O)C(=O)N1CCC[C@@H]1C1C=CNC(N)=N1)c1ccc(-n2cccn2)cc1. The molecule has 34 heavy (non-hydrogen) atoms. The zero-order valence-electron chi connectivity index (χ0n) is 18.8. The van der Waals surface area contributed by atoms with Gasteiger partial charge in [0.2, 0.25) is 0 Å². The van der Waals surface area contributed by atoms with Crippen LogP contribution in [0, 0.1) is 0 Å². The number of hydrogen-bond acceptors (Lipinski definition) is 8. The molecule has 1 fully saturated rings. The molecule has 6 N–H and O–H groups in total. The van der Waals surface area contributed by atoms with E-state index in [9.17, 15) is 19.8 Å². The van der Waals surface area contributed by atoms with Gasteiger partial charge in [0.15, 0.2) is 18.2 Å². The minimum absolute atomic E-state index is 0.249. The Morgan fingerprint density at radius 3 is 2.68 bits per heavy atom. The molecule has 0 bridgehead atoms. The van der Waals surface area contributed by atoms with Crippen LogP contribution in [0.5, 0.6) is 0 Å². The fourth-order valence-corrected chi connectivity index (χ4v) is 4.28. The van der Waals surface area contributed by atoms with E-state index >= 15 is 0 Å². The number of nitrogens with two attached hydrogens (primary N) is 1. The normalized spacial score (nSPS) is 22.4. The van der Waals surface area contributed by atoms with Gasteiger partial charge in [-0.25, -0.2) is 9.67 Å². The molecule has 11 nitrogen and oxygen atoms in total. The Bertz CT molecular complexity index is 1070. The molecule has 0 aliphatic carbocycles. The smallest absolute Gasteiger partial charge is 0.255 e. The summed E-state index contributed by atoms with van der Waals surface area (Å²) in [6.45, 7) is 2.16. The van der Waals surface area contributed by atoms with Gasteiger partial charge in [-0.15, -0.1) is 0 Å². The summed E-state index contributed by atoms with van der Waals surface area (Å²) in [7, 11) is 0. The average molecular weight is 468 g/mol. The number of rotatable bonds is 7. The molecular weight excluding hydrogens is 438 g/mol. The van der Waals surface area contributed by atoms with Crippen molar-refractivity contribution >= 4 is 17.8 Å². The largest absolute Gasteiger partial charge is 0.380 e. The Morgan fingerprint density at radius 2 is 2.00 bits per heavy atom. The topological polar surface area (TPSA) is 158 Å². The van der Waals surface area contributed by atoms with Gasteiger partial charge in [-0.1, -0.05) is 12.1 Å². The van der Waals surface area contributed by atoms with Crippen LogP contribution in [0.3, 0.4) is 0 Å². The summed E-state index contributed by atoms with van der Waals surface area (Å²) >= 11 is 0. The van der Waals surface area contributed by atoms with Gasteiger partial charge in [0.1, 0.15) is 0 Å². The van der Waals surface area contributed by atoms with Gasteiger partial charge in [-0.3, -0.25) is 9.59 Å².